The molecule has 0 spiro atoms. The summed E-state index contributed by atoms with van der Waals surface area (Å²) in [7, 11) is 0. The molecule has 0 heterocycles. The van der Waals surface area contributed by atoms with Crippen molar-refractivity contribution in [3.63, 3.8) is 0 Å². The molecule has 0 aromatic heterocycles. The maximum atomic E-state index is 12.2. The molecule has 0 aliphatic heterocycles. The Balaban J connectivity index is 1.74. The molecule has 0 unspecified atom stereocenters. The van der Waals surface area contributed by atoms with Crippen molar-refractivity contribution in [2.45, 2.75) is 71.4 Å². The molecule has 1 fully saturated rings. The predicted molar refractivity (Wildman–Crippen MR) is 99.9 cm³/mol. The van der Waals surface area contributed by atoms with Gasteiger partial charge in [0.2, 0.25) is 0 Å². The highest BCUT2D eigenvalue weighted by Gasteiger charge is 2.26. The summed E-state index contributed by atoms with van der Waals surface area (Å²) in [5.74, 6) is -0.440. The number of amides is 1. The van der Waals surface area contributed by atoms with Crippen LogP contribution >= 0.6 is 0 Å². The van der Waals surface area contributed by atoms with Gasteiger partial charge in [0.25, 0.3) is 5.91 Å². The van der Waals surface area contributed by atoms with E-state index in [9.17, 15) is 14.4 Å². The summed E-state index contributed by atoms with van der Waals surface area (Å²) in [5, 5.41) is 2.99. The molecule has 2 rings (SSSR count). The quantitative estimate of drug-likeness (QED) is 0.596. The standard InChI is InChI=1S/C21H29NO4/c1-14-8-10-17(11-9-14)19(23)12-13-20(24)26-16(3)21(25)22-18-7-5-4-6-15(18)2/h8-11,15-16,18H,4-7,12-13H2,1-3H3,(H,22,25)/t15-,16-,18+/m1/s1. The first-order chi connectivity index (χ1) is 12.4. The number of benzene rings is 1. The van der Waals surface area contributed by atoms with Crippen molar-refractivity contribution < 1.29 is 19.1 Å². The lowest BCUT2D eigenvalue weighted by Gasteiger charge is -2.30. The lowest BCUT2D eigenvalue weighted by atomic mass is 9.86. The SMILES string of the molecule is Cc1ccc(C(=O)CCC(=O)O[C@H](C)C(=O)N[C@H]2CCCC[C@H]2C)cc1. The van der Waals surface area contributed by atoms with Crippen LogP contribution in [0.15, 0.2) is 24.3 Å². The highest BCUT2D eigenvalue weighted by Crippen LogP contribution is 2.23. The molecule has 5 nitrogen and oxygen atoms in total. The van der Waals surface area contributed by atoms with E-state index in [1.165, 1.54) is 6.42 Å². The number of hydrogen-bond donors (Lipinski definition) is 1. The van der Waals surface area contributed by atoms with Crippen molar-refractivity contribution in [2.24, 2.45) is 5.92 Å². The topological polar surface area (TPSA) is 72.5 Å². The number of ether oxygens (including phenoxy) is 1. The Kier molecular flexibility index (Phi) is 7.37. The number of ketones is 1. The van der Waals surface area contributed by atoms with Crippen LogP contribution in [-0.2, 0) is 14.3 Å². The summed E-state index contributed by atoms with van der Waals surface area (Å²) in [6.45, 7) is 5.66. The minimum absolute atomic E-state index is 0.0236. The molecule has 1 aromatic carbocycles. The molecule has 26 heavy (non-hydrogen) atoms. The molecule has 0 saturated heterocycles. The Morgan fingerprint density at radius 3 is 2.42 bits per heavy atom. The predicted octanol–water partition coefficient (Wildman–Crippen LogP) is 3.58. The lowest BCUT2D eigenvalue weighted by Crippen LogP contribution is -2.46. The summed E-state index contributed by atoms with van der Waals surface area (Å²) in [4.78, 5) is 36.3. The van der Waals surface area contributed by atoms with Crippen LogP contribution < -0.4 is 5.32 Å². The van der Waals surface area contributed by atoms with Gasteiger partial charge in [-0.25, -0.2) is 0 Å². The molecule has 1 aliphatic rings. The minimum Gasteiger partial charge on any atom is -0.453 e. The van der Waals surface area contributed by atoms with Crippen molar-refractivity contribution in [3.8, 4) is 0 Å². The molecule has 1 N–H and O–H groups in total. The zero-order valence-corrected chi connectivity index (χ0v) is 15.9. The van der Waals surface area contributed by atoms with E-state index in [4.69, 9.17) is 4.74 Å². The number of hydrogen-bond acceptors (Lipinski definition) is 4. The third-order valence-corrected chi connectivity index (χ3v) is 5.05. The van der Waals surface area contributed by atoms with E-state index >= 15 is 0 Å². The first-order valence-electron chi connectivity index (χ1n) is 9.46. The van der Waals surface area contributed by atoms with E-state index in [-0.39, 0.29) is 30.6 Å². The van der Waals surface area contributed by atoms with Crippen molar-refractivity contribution in [1.82, 2.24) is 5.32 Å². The number of rotatable bonds is 7. The van der Waals surface area contributed by atoms with Gasteiger partial charge in [-0.3, -0.25) is 14.4 Å². The number of nitrogens with one attached hydrogen (secondary N) is 1. The molecule has 1 aromatic rings. The van der Waals surface area contributed by atoms with Gasteiger partial charge in [-0.15, -0.1) is 0 Å². The molecular formula is C21H29NO4. The van der Waals surface area contributed by atoms with Gasteiger partial charge in [-0.05, 0) is 32.6 Å². The molecule has 1 saturated carbocycles. The first-order valence-corrected chi connectivity index (χ1v) is 9.46. The van der Waals surface area contributed by atoms with E-state index in [1.807, 2.05) is 19.1 Å². The van der Waals surface area contributed by atoms with E-state index in [2.05, 4.69) is 12.2 Å². The number of Topliss-reactive ketones (excluding diaryl/α,β-unsaturated/α-hetero) is 1. The number of carbonyl (C=O) groups excluding carboxylic acids is 3. The third kappa shape index (κ3) is 5.97. The normalized spacial score (nSPS) is 20.9. The van der Waals surface area contributed by atoms with Crippen LogP contribution in [0.1, 0.15) is 68.3 Å². The average Bonchev–Trinajstić information content (AvgIpc) is 2.62. The summed E-state index contributed by atoms with van der Waals surface area (Å²) >= 11 is 0. The Morgan fingerprint density at radius 2 is 1.77 bits per heavy atom. The maximum Gasteiger partial charge on any atom is 0.307 e. The summed E-state index contributed by atoms with van der Waals surface area (Å²) in [6, 6.07) is 7.39. The average molecular weight is 359 g/mol. The molecule has 1 aliphatic carbocycles. The molecule has 1 amide bonds. The monoisotopic (exact) mass is 359 g/mol. The van der Waals surface area contributed by atoms with E-state index in [0.717, 1.165) is 24.8 Å². The Hall–Kier alpha value is -2.17. The van der Waals surface area contributed by atoms with Crippen molar-refractivity contribution >= 4 is 17.7 Å². The highest BCUT2D eigenvalue weighted by atomic mass is 16.5. The van der Waals surface area contributed by atoms with E-state index < -0.39 is 12.1 Å². The van der Waals surface area contributed by atoms with Crippen LogP contribution in [0.4, 0.5) is 0 Å². The molecule has 0 radical (unpaired) electrons. The van der Waals surface area contributed by atoms with Gasteiger partial charge < -0.3 is 10.1 Å². The maximum absolute atomic E-state index is 12.2. The van der Waals surface area contributed by atoms with Gasteiger partial charge in [0.1, 0.15) is 0 Å². The molecular weight excluding hydrogens is 330 g/mol. The molecule has 0 bridgehead atoms. The molecule has 3 atom stereocenters. The van der Waals surface area contributed by atoms with Crippen molar-refractivity contribution in [1.29, 1.82) is 0 Å². The van der Waals surface area contributed by atoms with Gasteiger partial charge >= 0.3 is 5.97 Å². The second-order valence-corrected chi connectivity index (χ2v) is 7.30. The van der Waals surface area contributed by atoms with Crippen LogP contribution in [0.2, 0.25) is 0 Å². The summed E-state index contributed by atoms with van der Waals surface area (Å²) in [6.07, 6.45) is 3.61. The zero-order valence-electron chi connectivity index (χ0n) is 15.9. The van der Waals surface area contributed by atoms with Crippen LogP contribution in [0.25, 0.3) is 0 Å². The van der Waals surface area contributed by atoms with Gasteiger partial charge in [-0.1, -0.05) is 49.6 Å². The highest BCUT2D eigenvalue weighted by molar-refractivity contribution is 5.97. The van der Waals surface area contributed by atoms with Crippen LogP contribution in [-0.4, -0.2) is 29.8 Å². The number of carbonyl (C=O) groups is 3. The second-order valence-electron chi connectivity index (χ2n) is 7.30. The molecule has 5 heteroatoms. The lowest BCUT2D eigenvalue weighted by molar-refractivity contribution is -0.155. The van der Waals surface area contributed by atoms with Gasteiger partial charge in [0.05, 0.1) is 6.42 Å². The third-order valence-electron chi connectivity index (χ3n) is 5.05. The van der Waals surface area contributed by atoms with E-state index in [0.29, 0.717) is 11.5 Å². The Morgan fingerprint density at radius 1 is 1.12 bits per heavy atom. The fraction of sp³-hybridized carbons (Fsp3) is 0.571. The van der Waals surface area contributed by atoms with Crippen LogP contribution in [0.3, 0.4) is 0 Å². The minimum atomic E-state index is -0.842. The van der Waals surface area contributed by atoms with Gasteiger partial charge in [0, 0.05) is 18.0 Å². The first kappa shape index (κ1) is 20.1. The van der Waals surface area contributed by atoms with E-state index in [1.54, 1.807) is 19.1 Å². The fourth-order valence-electron chi connectivity index (χ4n) is 3.24. The van der Waals surface area contributed by atoms with Crippen LogP contribution in [0, 0.1) is 12.8 Å². The number of aryl methyl sites for hydroxylation is 1. The second kappa shape index (κ2) is 9.51. The molecule has 142 valence electrons. The zero-order chi connectivity index (χ0) is 19.1. The number of esters is 1. The van der Waals surface area contributed by atoms with Crippen molar-refractivity contribution in [3.05, 3.63) is 35.4 Å². The van der Waals surface area contributed by atoms with Crippen molar-refractivity contribution in [2.75, 3.05) is 0 Å². The summed E-state index contributed by atoms with van der Waals surface area (Å²) < 4.78 is 5.19. The Labute approximate surface area is 155 Å². The Bertz CT molecular complexity index is 638. The smallest absolute Gasteiger partial charge is 0.307 e. The fourth-order valence-corrected chi connectivity index (χ4v) is 3.24. The van der Waals surface area contributed by atoms with Crippen LogP contribution in [0.5, 0.6) is 0 Å². The van der Waals surface area contributed by atoms with Gasteiger partial charge in [-0.2, -0.15) is 0 Å². The van der Waals surface area contributed by atoms with Gasteiger partial charge in [0.15, 0.2) is 11.9 Å². The largest absolute Gasteiger partial charge is 0.453 e. The summed E-state index contributed by atoms with van der Waals surface area (Å²) in [5.41, 5.74) is 1.66.